The van der Waals surface area contributed by atoms with Gasteiger partial charge in [0.05, 0.1) is 12.8 Å². The lowest BCUT2D eigenvalue weighted by atomic mass is 10.2. The van der Waals surface area contributed by atoms with Crippen molar-refractivity contribution in [3.05, 3.63) is 35.8 Å². The number of ether oxygens (including phenoxy) is 1. The Hall–Kier alpha value is -2.04. The molecule has 1 N–H and O–H groups in total. The number of nitrogens with zero attached hydrogens (tertiary/aromatic N) is 3. The molecule has 96 valence electrons. The summed E-state index contributed by atoms with van der Waals surface area (Å²) in [6, 6.07) is 3.80. The molecule has 2 heterocycles. The molecule has 5 nitrogen and oxygen atoms in total. The molecule has 0 fully saturated rings. The maximum Gasteiger partial charge on any atom is 0.214 e. The Bertz CT molecular complexity index is 521. The number of nitrogens with one attached hydrogen (secondary N) is 1. The van der Waals surface area contributed by atoms with Gasteiger partial charge in [-0.05, 0) is 12.5 Å². The summed E-state index contributed by atoms with van der Waals surface area (Å²) in [5, 5.41) is 7.77. The van der Waals surface area contributed by atoms with E-state index in [9.17, 15) is 0 Å². The Balaban J connectivity index is 2.06. The summed E-state index contributed by atoms with van der Waals surface area (Å²) in [4.78, 5) is 4.07. The molecule has 18 heavy (non-hydrogen) atoms. The third-order valence-electron chi connectivity index (χ3n) is 2.75. The van der Waals surface area contributed by atoms with Crippen molar-refractivity contribution in [1.29, 1.82) is 0 Å². The Kier molecular flexibility index (Phi) is 3.82. The minimum Gasteiger partial charge on any atom is -0.481 e. The Morgan fingerprint density at radius 1 is 1.44 bits per heavy atom. The fourth-order valence-electron chi connectivity index (χ4n) is 1.86. The topological polar surface area (TPSA) is 52.0 Å². The van der Waals surface area contributed by atoms with Gasteiger partial charge >= 0.3 is 0 Å². The van der Waals surface area contributed by atoms with Gasteiger partial charge in [-0.2, -0.15) is 5.10 Å². The molecule has 0 radical (unpaired) electrons. The number of rotatable bonds is 5. The maximum absolute atomic E-state index is 5.09. The van der Waals surface area contributed by atoms with E-state index < -0.39 is 0 Å². The highest BCUT2D eigenvalue weighted by atomic mass is 16.5. The standard InChI is InChI=1S/C13H18N4O/c1-4-12-10(9-17(2)16-12)8-15-11-5-6-14-13(7-11)18-3/h5-7,9H,4,8H2,1-3H3,(H,14,15). The SMILES string of the molecule is CCc1nn(C)cc1CNc1ccnc(OC)c1. The maximum atomic E-state index is 5.09. The summed E-state index contributed by atoms with van der Waals surface area (Å²) in [6.45, 7) is 2.87. The molecule has 2 rings (SSSR count). The van der Waals surface area contributed by atoms with E-state index in [-0.39, 0.29) is 0 Å². The number of aromatic nitrogens is 3. The molecule has 0 aliphatic carbocycles. The van der Waals surface area contributed by atoms with Crippen molar-refractivity contribution in [3.8, 4) is 5.88 Å². The lowest BCUT2D eigenvalue weighted by molar-refractivity contribution is 0.398. The van der Waals surface area contributed by atoms with Crippen LogP contribution in [0.15, 0.2) is 24.5 Å². The van der Waals surface area contributed by atoms with E-state index in [2.05, 4.69) is 22.3 Å². The normalized spacial score (nSPS) is 10.4. The molecule has 0 amide bonds. The molecule has 2 aromatic rings. The molecule has 0 saturated heterocycles. The van der Waals surface area contributed by atoms with Crippen molar-refractivity contribution in [2.75, 3.05) is 12.4 Å². The summed E-state index contributed by atoms with van der Waals surface area (Å²) < 4.78 is 6.94. The van der Waals surface area contributed by atoms with Gasteiger partial charge in [-0.3, -0.25) is 4.68 Å². The smallest absolute Gasteiger partial charge is 0.214 e. The molecule has 0 aliphatic heterocycles. The molecule has 0 atom stereocenters. The quantitative estimate of drug-likeness (QED) is 0.876. The first kappa shape index (κ1) is 12.4. The second kappa shape index (κ2) is 5.53. The van der Waals surface area contributed by atoms with Crippen molar-refractivity contribution < 1.29 is 4.74 Å². The zero-order valence-electron chi connectivity index (χ0n) is 11.0. The third-order valence-corrected chi connectivity index (χ3v) is 2.75. The van der Waals surface area contributed by atoms with Crippen molar-refractivity contribution in [1.82, 2.24) is 14.8 Å². The van der Waals surface area contributed by atoms with Crippen LogP contribution in [0, 0.1) is 0 Å². The summed E-state index contributed by atoms with van der Waals surface area (Å²) in [5.41, 5.74) is 3.34. The number of aryl methyl sites for hydroxylation is 2. The second-order valence-electron chi connectivity index (χ2n) is 4.07. The van der Waals surface area contributed by atoms with E-state index in [4.69, 9.17) is 4.74 Å². The van der Waals surface area contributed by atoms with Gasteiger partial charge in [0.25, 0.3) is 0 Å². The second-order valence-corrected chi connectivity index (χ2v) is 4.07. The van der Waals surface area contributed by atoms with Crippen LogP contribution < -0.4 is 10.1 Å². The van der Waals surface area contributed by atoms with Gasteiger partial charge in [-0.1, -0.05) is 6.92 Å². The summed E-state index contributed by atoms with van der Waals surface area (Å²) in [6.07, 6.45) is 4.72. The average molecular weight is 246 g/mol. The van der Waals surface area contributed by atoms with E-state index in [0.29, 0.717) is 5.88 Å². The van der Waals surface area contributed by atoms with E-state index in [1.165, 1.54) is 5.56 Å². The minimum atomic E-state index is 0.613. The summed E-state index contributed by atoms with van der Waals surface area (Å²) in [7, 11) is 3.56. The highest BCUT2D eigenvalue weighted by molar-refractivity contribution is 5.45. The van der Waals surface area contributed by atoms with Gasteiger partial charge in [0.15, 0.2) is 0 Å². The van der Waals surface area contributed by atoms with Crippen LogP contribution in [0.2, 0.25) is 0 Å². The van der Waals surface area contributed by atoms with Gasteiger partial charge in [0.2, 0.25) is 5.88 Å². The fourth-order valence-corrected chi connectivity index (χ4v) is 1.86. The third kappa shape index (κ3) is 2.80. The lowest BCUT2D eigenvalue weighted by Crippen LogP contribution is -2.01. The zero-order valence-corrected chi connectivity index (χ0v) is 11.0. The highest BCUT2D eigenvalue weighted by Crippen LogP contribution is 2.15. The monoisotopic (exact) mass is 246 g/mol. The highest BCUT2D eigenvalue weighted by Gasteiger charge is 2.05. The largest absolute Gasteiger partial charge is 0.481 e. The molecule has 0 unspecified atom stereocenters. The Morgan fingerprint density at radius 3 is 3.00 bits per heavy atom. The first-order valence-corrected chi connectivity index (χ1v) is 5.98. The van der Waals surface area contributed by atoms with Gasteiger partial charge in [-0.15, -0.1) is 0 Å². The Labute approximate surface area is 107 Å². The number of hydrogen-bond acceptors (Lipinski definition) is 4. The molecular formula is C13H18N4O. The van der Waals surface area contributed by atoms with Gasteiger partial charge in [0.1, 0.15) is 0 Å². The van der Waals surface area contributed by atoms with E-state index in [0.717, 1.165) is 24.3 Å². The molecule has 0 bridgehead atoms. The average Bonchev–Trinajstić information content (AvgIpc) is 2.77. The van der Waals surface area contributed by atoms with Crippen LogP contribution in [0.4, 0.5) is 5.69 Å². The van der Waals surface area contributed by atoms with Crippen LogP contribution in [-0.4, -0.2) is 21.9 Å². The number of hydrogen-bond donors (Lipinski definition) is 1. The number of pyridine rings is 1. The van der Waals surface area contributed by atoms with Crippen LogP contribution in [0.25, 0.3) is 0 Å². The van der Waals surface area contributed by atoms with E-state index in [1.807, 2.05) is 30.1 Å². The fraction of sp³-hybridized carbons (Fsp3) is 0.385. The number of methoxy groups -OCH3 is 1. The number of anilines is 1. The molecule has 0 saturated carbocycles. The van der Waals surface area contributed by atoms with Crippen LogP contribution in [-0.2, 0) is 20.0 Å². The van der Waals surface area contributed by atoms with Crippen molar-refractivity contribution in [2.24, 2.45) is 7.05 Å². The molecule has 0 aromatic carbocycles. The first-order valence-electron chi connectivity index (χ1n) is 5.98. The predicted octanol–water partition coefficient (Wildman–Crippen LogP) is 2.00. The first-order chi connectivity index (χ1) is 8.72. The zero-order chi connectivity index (χ0) is 13.0. The molecule has 5 heteroatoms. The lowest BCUT2D eigenvalue weighted by Gasteiger charge is -2.07. The predicted molar refractivity (Wildman–Crippen MR) is 70.7 cm³/mol. The summed E-state index contributed by atoms with van der Waals surface area (Å²) in [5.74, 6) is 0.613. The van der Waals surface area contributed by atoms with Gasteiger partial charge < -0.3 is 10.1 Å². The minimum absolute atomic E-state index is 0.613. The van der Waals surface area contributed by atoms with Crippen molar-refractivity contribution in [3.63, 3.8) is 0 Å². The van der Waals surface area contributed by atoms with E-state index >= 15 is 0 Å². The van der Waals surface area contributed by atoms with Crippen LogP contribution >= 0.6 is 0 Å². The molecule has 0 aliphatic rings. The van der Waals surface area contributed by atoms with Crippen LogP contribution in [0.1, 0.15) is 18.2 Å². The van der Waals surface area contributed by atoms with E-state index in [1.54, 1.807) is 13.3 Å². The van der Waals surface area contributed by atoms with Crippen molar-refractivity contribution in [2.45, 2.75) is 19.9 Å². The van der Waals surface area contributed by atoms with Gasteiger partial charge in [0, 0.05) is 43.3 Å². The van der Waals surface area contributed by atoms with Crippen LogP contribution in [0.3, 0.4) is 0 Å². The molecular weight excluding hydrogens is 228 g/mol. The Morgan fingerprint density at radius 2 is 2.28 bits per heavy atom. The van der Waals surface area contributed by atoms with Crippen LogP contribution in [0.5, 0.6) is 5.88 Å². The van der Waals surface area contributed by atoms with Gasteiger partial charge in [-0.25, -0.2) is 4.98 Å². The summed E-state index contributed by atoms with van der Waals surface area (Å²) >= 11 is 0. The molecule has 2 aromatic heterocycles. The van der Waals surface area contributed by atoms with Crippen molar-refractivity contribution >= 4 is 5.69 Å². The molecule has 0 spiro atoms.